The highest BCUT2D eigenvalue weighted by Crippen LogP contribution is 2.34. The van der Waals surface area contributed by atoms with Crippen LogP contribution in [-0.4, -0.2) is 27.4 Å². The molecular weight excluding hydrogens is 374 g/mol. The van der Waals surface area contributed by atoms with E-state index in [0.29, 0.717) is 46.4 Å². The number of primary amides is 1. The zero-order chi connectivity index (χ0) is 20.6. The summed E-state index contributed by atoms with van der Waals surface area (Å²) in [5, 5.41) is 13.1. The Morgan fingerprint density at radius 3 is 2.79 bits per heavy atom. The van der Waals surface area contributed by atoms with Crippen LogP contribution in [0.25, 0.3) is 11.0 Å². The highest BCUT2D eigenvalue weighted by Gasteiger charge is 2.44. The summed E-state index contributed by atoms with van der Waals surface area (Å²) in [6, 6.07) is 8.55. The Morgan fingerprint density at radius 1 is 1.34 bits per heavy atom. The summed E-state index contributed by atoms with van der Waals surface area (Å²) in [6.07, 6.45) is 3.40. The van der Waals surface area contributed by atoms with Gasteiger partial charge in [-0.2, -0.15) is 0 Å². The molecule has 0 saturated heterocycles. The first kappa shape index (κ1) is 18.8. The minimum Gasteiger partial charge on any atom is -0.493 e. The van der Waals surface area contributed by atoms with Gasteiger partial charge >= 0.3 is 0 Å². The summed E-state index contributed by atoms with van der Waals surface area (Å²) in [4.78, 5) is 28.5. The Hall–Kier alpha value is -3.55. The number of ether oxygens (including phenoxy) is 1. The topological polar surface area (TPSA) is 128 Å². The van der Waals surface area contributed by atoms with Gasteiger partial charge in [-0.25, -0.2) is 4.98 Å². The number of furan rings is 1. The molecule has 1 fully saturated rings. The maximum atomic E-state index is 12.9. The number of amides is 2. The van der Waals surface area contributed by atoms with E-state index in [0.717, 1.165) is 6.42 Å². The highest BCUT2D eigenvalue weighted by atomic mass is 16.5. The highest BCUT2D eigenvalue weighted by molar-refractivity contribution is 6.09. The standard InChI is InChI=1S/C21H21N3O5/c1-12-17(19(26)24-21(20(22)27)7-3-8-21)15-10-14(5-6-16(15)29-12)28-11-13-4-2-9-23-18(13)25/h2,4-6,9-10H,3,7-8,11H2,1H3,(H2,22,27)(H,23,25)(H,24,26). The van der Waals surface area contributed by atoms with Gasteiger partial charge in [0.05, 0.1) is 11.1 Å². The average molecular weight is 395 g/mol. The van der Waals surface area contributed by atoms with Crippen LogP contribution in [0.1, 0.15) is 40.9 Å². The van der Waals surface area contributed by atoms with Crippen LogP contribution in [0, 0.1) is 6.92 Å². The van der Waals surface area contributed by atoms with Crippen LogP contribution in [0.4, 0.5) is 0 Å². The maximum Gasteiger partial charge on any atom is 0.256 e. The van der Waals surface area contributed by atoms with Crippen molar-refractivity contribution in [3.63, 3.8) is 0 Å². The Bertz CT molecular complexity index is 1100. The molecule has 1 aromatic carbocycles. The lowest BCUT2D eigenvalue weighted by Gasteiger charge is -2.39. The molecule has 0 unspecified atom stereocenters. The van der Waals surface area contributed by atoms with Gasteiger partial charge in [-0.05, 0) is 56.5 Å². The molecule has 1 saturated carbocycles. The second-order valence-electron chi connectivity index (χ2n) is 7.22. The number of carbonyl (C=O) groups is 2. The van der Waals surface area contributed by atoms with E-state index >= 15 is 0 Å². The summed E-state index contributed by atoms with van der Waals surface area (Å²) < 4.78 is 11.5. The molecule has 2 heterocycles. The summed E-state index contributed by atoms with van der Waals surface area (Å²) in [7, 11) is 0. The van der Waals surface area contributed by atoms with Gasteiger partial charge in [-0.1, -0.05) is 0 Å². The van der Waals surface area contributed by atoms with Crippen molar-refractivity contribution < 1.29 is 23.8 Å². The molecule has 4 N–H and O–H groups in total. The summed E-state index contributed by atoms with van der Waals surface area (Å²) in [5.74, 6) is -0.0722. The van der Waals surface area contributed by atoms with Crippen molar-refractivity contribution in [2.45, 2.75) is 38.3 Å². The summed E-state index contributed by atoms with van der Waals surface area (Å²) in [6.45, 7) is 1.81. The molecule has 8 nitrogen and oxygen atoms in total. The Kier molecular flexibility index (Phi) is 4.62. The fourth-order valence-electron chi connectivity index (χ4n) is 3.52. The molecule has 2 aromatic heterocycles. The van der Waals surface area contributed by atoms with Gasteiger partial charge < -0.3 is 25.3 Å². The third-order valence-electron chi connectivity index (χ3n) is 5.36. The number of nitrogens with two attached hydrogens (primary N) is 1. The SMILES string of the molecule is Cc1oc2ccc(OCc3cccnc3O)cc2c1C(=O)NC1(C(N)=O)CCC1. The van der Waals surface area contributed by atoms with E-state index in [2.05, 4.69) is 10.3 Å². The first-order valence-corrected chi connectivity index (χ1v) is 9.31. The normalized spacial score (nSPS) is 14.9. The molecule has 1 aliphatic rings. The number of carbonyl (C=O) groups excluding carboxylic acids is 2. The van der Waals surface area contributed by atoms with Crippen molar-refractivity contribution >= 4 is 22.8 Å². The molecule has 3 aromatic rings. The lowest BCUT2D eigenvalue weighted by molar-refractivity contribution is -0.127. The van der Waals surface area contributed by atoms with Crippen LogP contribution < -0.4 is 15.8 Å². The van der Waals surface area contributed by atoms with Crippen molar-refractivity contribution in [3.8, 4) is 11.6 Å². The van der Waals surface area contributed by atoms with Gasteiger partial charge in [-0.3, -0.25) is 9.59 Å². The molecule has 0 bridgehead atoms. The fourth-order valence-corrected chi connectivity index (χ4v) is 3.52. The largest absolute Gasteiger partial charge is 0.493 e. The van der Waals surface area contributed by atoms with Gasteiger partial charge in [-0.15, -0.1) is 0 Å². The van der Waals surface area contributed by atoms with Crippen molar-refractivity contribution in [3.05, 3.63) is 53.4 Å². The number of nitrogens with zero attached hydrogens (tertiary/aromatic N) is 1. The Labute approximate surface area is 166 Å². The number of rotatable bonds is 6. The third kappa shape index (κ3) is 3.37. The van der Waals surface area contributed by atoms with Crippen LogP contribution in [0.3, 0.4) is 0 Å². The van der Waals surface area contributed by atoms with Crippen LogP contribution in [0.15, 0.2) is 40.9 Å². The first-order valence-electron chi connectivity index (χ1n) is 9.31. The van der Waals surface area contributed by atoms with Crippen molar-refractivity contribution in [1.82, 2.24) is 10.3 Å². The van der Waals surface area contributed by atoms with Crippen LogP contribution in [-0.2, 0) is 11.4 Å². The second-order valence-corrected chi connectivity index (χ2v) is 7.22. The van der Waals surface area contributed by atoms with E-state index < -0.39 is 17.4 Å². The zero-order valence-electron chi connectivity index (χ0n) is 15.9. The van der Waals surface area contributed by atoms with Crippen LogP contribution >= 0.6 is 0 Å². The minimum atomic E-state index is -0.987. The predicted octanol–water partition coefficient (Wildman–Crippen LogP) is 2.56. The molecule has 2 amide bonds. The van der Waals surface area contributed by atoms with Gasteiger partial charge in [0.25, 0.3) is 5.91 Å². The zero-order valence-corrected chi connectivity index (χ0v) is 15.9. The van der Waals surface area contributed by atoms with E-state index in [9.17, 15) is 14.7 Å². The Balaban J connectivity index is 1.60. The van der Waals surface area contributed by atoms with Crippen LogP contribution in [0.2, 0.25) is 0 Å². The maximum absolute atomic E-state index is 12.9. The number of hydrogen-bond acceptors (Lipinski definition) is 6. The molecule has 4 rings (SSSR count). The number of fused-ring (bicyclic) bond motifs is 1. The van der Waals surface area contributed by atoms with Crippen molar-refractivity contribution in [2.75, 3.05) is 0 Å². The predicted molar refractivity (Wildman–Crippen MR) is 104 cm³/mol. The number of hydrogen-bond donors (Lipinski definition) is 3. The van der Waals surface area contributed by atoms with Gasteiger partial charge in [0.2, 0.25) is 11.8 Å². The minimum absolute atomic E-state index is 0.0925. The number of pyridine rings is 1. The molecular formula is C21H21N3O5. The van der Waals surface area contributed by atoms with E-state index in [1.807, 2.05) is 0 Å². The molecule has 0 radical (unpaired) electrons. The number of aryl methyl sites for hydroxylation is 1. The quantitative estimate of drug-likeness (QED) is 0.588. The summed E-state index contributed by atoms with van der Waals surface area (Å²) >= 11 is 0. The number of aromatic hydroxyl groups is 1. The third-order valence-corrected chi connectivity index (χ3v) is 5.36. The number of nitrogens with one attached hydrogen (secondary N) is 1. The molecule has 0 aliphatic heterocycles. The van der Waals surface area contributed by atoms with E-state index in [1.54, 1.807) is 37.3 Å². The number of benzene rings is 1. The molecule has 1 aliphatic carbocycles. The monoisotopic (exact) mass is 395 g/mol. The molecule has 0 spiro atoms. The summed E-state index contributed by atoms with van der Waals surface area (Å²) in [5.41, 5.74) is 5.93. The van der Waals surface area contributed by atoms with Gasteiger partial charge in [0.1, 0.15) is 29.2 Å². The van der Waals surface area contributed by atoms with E-state index in [4.69, 9.17) is 14.9 Å². The average Bonchev–Trinajstić information content (AvgIpc) is 2.98. The Morgan fingerprint density at radius 2 is 2.14 bits per heavy atom. The van der Waals surface area contributed by atoms with Crippen LogP contribution in [0.5, 0.6) is 11.6 Å². The smallest absolute Gasteiger partial charge is 0.256 e. The van der Waals surface area contributed by atoms with Crippen molar-refractivity contribution in [2.24, 2.45) is 5.73 Å². The fraction of sp³-hybridized carbons (Fsp3) is 0.286. The lowest BCUT2D eigenvalue weighted by atomic mass is 9.76. The molecule has 150 valence electrons. The molecule has 8 heteroatoms. The molecule has 29 heavy (non-hydrogen) atoms. The number of aromatic nitrogens is 1. The molecule has 0 atom stereocenters. The second kappa shape index (κ2) is 7.12. The van der Waals surface area contributed by atoms with Gasteiger partial charge in [0, 0.05) is 11.6 Å². The van der Waals surface area contributed by atoms with Gasteiger partial charge in [0.15, 0.2) is 0 Å². The van der Waals surface area contributed by atoms with E-state index in [1.165, 1.54) is 6.20 Å². The first-order chi connectivity index (χ1) is 13.9. The lowest BCUT2D eigenvalue weighted by Crippen LogP contribution is -2.61. The van der Waals surface area contributed by atoms with E-state index in [-0.39, 0.29) is 12.5 Å². The van der Waals surface area contributed by atoms with Crippen molar-refractivity contribution in [1.29, 1.82) is 0 Å².